The van der Waals surface area contributed by atoms with Crippen molar-refractivity contribution >= 4 is 5.97 Å². The topological polar surface area (TPSA) is 38.8 Å². The first-order valence-electron chi connectivity index (χ1n) is 10.3. The molecule has 2 saturated heterocycles. The number of piperidine rings is 1. The standard InChI is InChI=1S/C22H33NO3/c1-2-25-21(24)22(18-20-10-6-7-17-26-20)12-15-23(16-13-22)14-11-19-8-4-3-5-9-19/h3-5,8-9,20H,2,6-7,10-18H2,1H3. The van der Waals surface area contributed by atoms with Gasteiger partial charge in [0.25, 0.3) is 0 Å². The maximum atomic E-state index is 12.8. The van der Waals surface area contributed by atoms with Crippen LogP contribution in [0.4, 0.5) is 0 Å². The molecular formula is C22H33NO3. The molecule has 0 bridgehead atoms. The van der Waals surface area contributed by atoms with Crippen molar-refractivity contribution in [3.63, 3.8) is 0 Å². The predicted molar refractivity (Wildman–Crippen MR) is 103 cm³/mol. The van der Waals surface area contributed by atoms with Gasteiger partial charge in [0.15, 0.2) is 0 Å². The normalized spacial score (nSPS) is 23.5. The van der Waals surface area contributed by atoms with Gasteiger partial charge in [-0.3, -0.25) is 4.79 Å². The van der Waals surface area contributed by atoms with Crippen LogP contribution in [0.2, 0.25) is 0 Å². The highest BCUT2D eigenvalue weighted by Gasteiger charge is 2.44. The minimum Gasteiger partial charge on any atom is -0.466 e. The number of hydrogen-bond donors (Lipinski definition) is 0. The van der Waals surface area contributed by atoms with Crippen molar-refractivity contribution in [3.8, 4) is 0 Å². The number of rotatable bonds is 7. The molecule has 2 fully saturated rings. The third-order valence-corrected chi connectivity index (χ3v) is 5.97. The van der Waals surface area contributed by atoms with E-state index in [1.165, 1.54) is 12.0 Å². The van der Waals surface area contributed by atoms with E-state index in [1.807, 2.05) is 6.92 Å². The van der Waals surface area contributed by atoms with Crippen LogP contribution >= 0.6 is 0 Å². The first-order valence-corrected chi connectivity index (χ1v) is 10.3. The van der Waals surface area contributed by atoms with Gasteiger partial charge in [-0.15, -0.1) is 0 Å². The van der Waals surface area contributed by atoms with Crippen molar-refractivity contribution in [1.82, 2.24) is 4.90 Å². The highest BCUT2D eigenvalue weighted by Crippen LogP contribution is 2.39. The van der Waals surface area contributed by atoms with Gasteiger partial charge >= 0.3 is 5.97 Å². The SMILES string of the molecule is CCOC(=O)C1(CC2CCCCO2)CCN(CCc2ccccc2)CC1. The molecule has 0 spiro atoms. The van der Waals surface area contributed by atoms with E-state index in [0.29, 0.717) is 6.61 Å². The summed E-state index contributed by atoms with van der Waals surface area (Å²) in [5.74, 6) is -0.00289. The van der Waals surface area contributed by atoms with Gasteiger partial charge < -0.3 is 14.4 Å². The van der Waals surface area contributed by atoms with Gasteiger partial charge in [0.2, 0.25) is 0 Å². The maximum absolute atomic E-state index is 12.8. The fourth-order valence-corrected chi connectivity index (χ4v) is 4.32. The van der Waals surface area contributed by atoms with E-state index in [4.69, 9.17) is 9.47 Å². The van der Waals surface area contributed by atoms with Crippen LogP contribution in [0.1, 0.15) is 51.0 Å². The Kier molecular flexibility index (Phi) is 7.09. The van der Waals surface area contributed by atoms with E-state index in [9.17, 15) is 4.79 Å². The van der Waals surface area contributed by atoms with E-state index >= 15 is 0 Å². The Bertz CT molecular complexity index is 546. The van der Waals surface area contributed by atoms with Crippen molar-refractivity contribution in [2.24, 2.45) is 5.41 Å². The van der Waals surface area contributed by atoms with Crippen molar-refractivity contribution < 1.29 is 14.3 Å². The van der Waals surface area contributed by atoms with E-state index in [2.05, 4.69) is 35.2 Å². The molecule has 0 aromatic heterocycles. The van der Waals surface area contributed by atoms with Crippen LogP contribution in [0, 0.1) is 5.41 Å². The molecule has 1 unspecified atom stereocenters. The third-order valence-electron chi connectivity index (χ3n) is 5.97. The molecule has 2 heterocycles. The number of carbonyl (C=O) groups is 1. The zero-order valence-corrected chi connectivity index (χ0v) is 16.1. The Morgan fingerprint density at radius 3 is 2.65 bits per heavy atom. The summed E-state index contributed by atoms with van der Waals surface area (Å²) in [6.45, 7) is 6.20. The Morgan fingerprint density at radius 2 is 2.00 bits per heavy atom. The van der Waals surface area contributed by atoms with Gasteiger partial charge in [-0.05, 0) is 70.5 Å². The summed E-state index contributed by atoms with van der Waals surface area (Å²) in [4.78, 5) is 15.3. The lowest BCUT2D eigenvalue weighted by Gasteiger charge is -2.42. The minimum absolute atomic E-state index is 0.00289. The lowest BCUT2D eigenvalue weighted by molar-refractivity contribution is -0.162. The molecule has 2 aliphatic rings. The van der Waals surface area contributed by atoms with E-state index in [-0.39, 0.29) is 17.5 Å². The summed E-state index contributed by atoms with van der Waals surface area (Å²) in [6.07, 6.45) is 7.35. The zero-order valence-electron chi connectivity index (χ0n) is 16.1. The summed E-state index contributed by atoms with van der Waals surface area (Å²) >= 11 is 0. The molecule has 4 nitrogen and oxygen atoms in total. The molecular weight excluding hydrogens is 326 g/mol. The van der Waals surface area contributed by atoms with Crippen LogP contribution < -0.4 is 0 Å². The van der Waals surface area contributed by atoms with Gasteiger partial charge in [0.05, 0.1) is 18.1 Å². The minimum atomic E-state index is -0.346. The van der Waals surface area contributed by atoms with Crippen LogP contribution in [-0.4, -0.2) is 49.8 Å². The first-order chi connectivity index (χ1) is 12.7. The molecule has 1 atom stereocenters. The van der Waals surface area contributed by atoms with Gasteiger partial charge in [0, 0.05) is 13.2 Å². The fourth-order valence-electron chi connectivity index (χ4n) is 4.32. The Morgan fingerprint density at radius 1 is 1.23 bits per heavy atom. The molecule has 1 aromatic carbocycles. The predicted octanol–water partition coefficient (Wildman–Crippen LogP) is 3.83. The van der Waals surface area contributed by atoms with E-state index < -0.39 is 0 Å². The number of esters is 1. The van der Waals surface area contributed by atoms with Crippen LogP contribution in [-0.2, 0) is 20.7 Å². The summed E-state index contributed by atoms with van der Waals surface area (Å²) in [5, 5.41) is 0. The van der Waals surface area contributed by atoms with Crippen molar-refractivity contribution in [2.75, 3.05) is 32.8 Å². The van der Waals surface area contributed by atoms with Gasteiger partial charge in [-0.1, -0.05) is 30.3 Å². The van der Waals surface area contributed by atoms with Gasteiger partial charge in [0.1, 0.15) is 0 Å². The maximum Gasteiger partial charge on any atom is 0.312 e. The quantitative estimate of drug-likeness (QED) is 0.694. The number of hydrogen-bond acceptors (Lipinski definition) is 4. The second-order valence-corrected chi connectivity index (χ2v) is 7.77. The Labute approximate surface area is 157 Å². The lowest BCUT2D eigenvalue weighted by Crippen LogP contribution is -2.47. The Balaban J connectivity index is 1.56. The zero-order chi connectivity index (χ0) is 18.2. The Hall–Kier alpha value is -1.39. The van der Waals surface area contributed by atoms with Crippen molar-refractivity contribution in [1.29, 1.82) is 0 Å². The molecule has 144 valence electrons. The largest absolute Gasteiger partial charge is 0.466 e. The molecule has 0 aliphatic carbocycles. The summed E-state index contributed by atoms with van der Waals surface area (Å²) in [7, 11) is 0. The van der Waals surface area contributed by atoms with Crippen LogP contribution in [0.25, 0.3) is 0 Å². The smallest absolute Gasteiger partial charge is 0.312 e. The number of benzene rings is 1. The summed E-state index contributed by atoms with van der Waals surface area (Å²) < 4.78 is 11.4. The van der Waals surface area contributed by atoms with Crippen LogP contribution in [0.5, 0.6) is 0 Å². The monoisotopic (exact) mass is 359 g/mol. The molecule has 0 amide bonds. The number of carbonyl (C=O) groups excluding carboxylic acids is 1. The number of likely N-dealkylation sites (tertiary alicyclic amines) is 1. The van der Waals surface area contributed by atoms with Crippen molar-refractivity contribution in [3.05, 3.63) is 35.9 Å². The molecule has 4 heteroatoms. The van der Waals surface area contributed by atoms with Crippen LogP contribution in [0.15, 0.2) is 30.3 Å². The van der Waals surface area contributed by atoms with Gasteiger partial charge in [-0.2, -0.15) is 0 Å². The average Bonchev–Trinajstić information content (AvgIpc) is 2.69. The number of ether oxygens (including phenoxy) is 2. The fraction of sp³-hybridized carbons (Fsp3) is 0.682. The second-order valence-electron chi connectivity index (χ2n) is 7.77. The summed E-state index contributed by atoms with van der Waals surface area (Å²) in [6, 6.07) is 10.6. The molecule has 1 aromatic rings. The first kappa shape index (κ1) is 19.4. The number of nitrogens with zero attached hydrogens (tertiary/aromatic N) is 1. The molecule has 2 aliphatic heterocycles. The van der Waals surface area contributed by atoms with Crippen LogP contribution in [0.3, 0.4) is 0 Å². The van der Waals surface area contributed by atoms with E-state index in [1.54, 1.807) is 0 Å². The van der Waals surface area contributed by atoms with Crippen molar-refractivity contribution in [2.45, 2.75) is 58.0 Å². The second kappa shape index (κ2) is 9.52. The average molecular weight is 360 g/mol. The van der Waals surface area contributed by atoms with E-state index in [0.717, 1.165) is 64.8 Å². The molecule has 0 radical (unpaired) electrons. The molecule has 0 saturated carbocycles. The highest BCUT2D eigenvalue weighted by atomic mass is 16.5. The molecule has 3 rings (SSSR count). The molecule has 0 N–H and O–H groups in total. The summed E-state index contributed by atoms with van der Waals surface area (Å²) in [5.41, 5.74) is 1.03. The van der Waals surface area contributed by atoms with Gasteiger partial charge in [-0.25, -0.2) is 0 Å². The molecule has 26 heavy (non-hydrogen) atoms. The third kappa shape index (κ3) is 5.08. The highest BCUT2D eigenvalue weighted by molar-refractivity contribution is 5.77. The lowest BCUT2D eigenvalue weighted by atomic mass is 9.73.